The Morgan fingerprint density at radius 1 is 1.67 bits per heavy atom. The molecule has 0 aromatic carbocycles. The summed E-state index contributed by atoms with van der Waals surface area (Å²) in [5, 5.41) is -0.0794. The number of aromatic nitrogens is 1. The summed E-state index contributed by atoms with van der Waals surface area (Å²) in [5.41, 5.74) is 1.09. The lowest BCUT2D eigenvalue weighted by molar-refractivity contribution is -0.117. The molecule has 1 saturated heterocycles. The lowest BCUT2D eigenvalue weighted by Gasteiger charge is -2.17. The molecule has 1 aromatic rings. The number of amides is 1. The second-order valence-corrected chi connectivity index (χ2v) is 4.26. The van der Waals surface area contributed by atoms with Crippen molar-refractivity contribution in [3.63, 3.8) is 0 Å². The standard InChI is InChI=1S/C11H13ClN2O/c1-2-8-4-3-5-13-11(8)14-7-9(12)6-10(14)15/h3-5,9H,2,6-7H2,1H3. The molecule has 0 aliphatic carbocycles. The highest BCUT2D eigenvalue weighted by molar-refractivity contribution is 6.24. The van der Waals surface area contributed by atoms with Crippen LogP contribution in [0.2, 0.25) is 0 Å². The van der Waals surface area contributed by atoms with Crippen LogP contribution in [0, 0.1) is 0 Å². The van der Waals surface area contributed by atoms with Gasteiger partial charge < -0.3 is 0 Å². The zero-order chi connectivity index (χ0) is 10.8. The molecule has 2 heterocycles. The Bertz CT molecular complexity index is 381. The van der Waals surface area contributed by atoms with Crippen molar-refractivity contribution >= 4 is 23.3 Å². The summed E-state index contributed by atoms with van der Waals surface area (Å²) < 4.78 is 0. The maximum atomic E-state index is 11.7. The molecular weight excluding hydrogens is 212 g/mol. The van der Waals surface area contributed by atoms with Gasteiger partial charge in [-0.1, -0.05) is 13.0 Å². The highest BCUT2D eigenvalue weighted by atomic mass is 35.5. The third kappa shape index (κ3) is 1.97. The maximum absolute atomic E-state index is 11.7. The molecule has 3 nitrogen and oxygen atoms in total. The number of anilines is 1. The summed E-state index contributed by atoms with van der Waals surface area (Å²) in [6, 6.07) is 3.89. The average molecular weight is 225 g/mol. The number of nitrogens with zero attached hydrogens (tertiary/aromatic N) is 2. The van der Waals surface area contributed by atoms with Gasteiger partial charge in [0.1, 0.15) is 5.82 Å². The van der Waals surface area contributed by atoms with Crippen molar-refractivity contribution in [1.82, 2.24) is 4.98 Å². The highest BCUT2D eigenvalue weighted by Gasteiger charge is 2.30. The SMILES string of the molecule is CCc1cccnc1N1CC(Cl)CC1=O. The van der Waals surface area contributed by atoms with Crippen LogP contribution in [0.4, 0.5) is 5.82 Å². The molecule has 1 aromatic heterocycles. The Kier molecular flexibility index (Phi) is 2.91. The first-order valence-electron chi connectivity index (χ1n) is 5.10. The van der Waals surface area contributed by atoms with Gasteiger partial charge in [-0.3, -0.25) is 9.69 Å². The number of hydrogen-bond acceptors (Lipinski definition) is 2. The number of aryl methyl sites for hydroxylation is 1. The predicted octanol–water partition coefficient (Wildman–Crippen LogP) is 1.99. The Morgan fingerprint density at radius 3 is 3.07 bits per heavy atom. The van der Waals surface area contributed by atoms with Crippen molar-refractivity contribution in [2.45, 2.75) is 25.1 Å². The van der Waals surface area contributed by atoms with Gasteiger partial charge in [-0.25, -0.2) is 4.98 Å². The number of hydrogen-bond donors (Lipinski definition) is 0. The minimum Gasteiger partial charge on any atom is -0.295 e. The van der Waals surface area contributed by atoms with Crippen LogP contribution >= 0.6 is 11.6 Å². The van der Waals surface area contributed by atoms with E-state index in [0.717, 1.165) is 17.8 Å². The molecule has 2 rings (SSSR count). The number of rotatable bonds is 2. The van der Waals surface area contributed by atoms with Crippen LogP contribution in [0.3, 0.4) is 0 Å². The average Bonchev–Trinajstić information content (AvgIpc) is 2.57. The molecule has 0 N–H and O–H groups in total. The summed E-state index contributed by atoms with van der Waals surface area (Å²) in [6.07, 6.45) is 3.00. The second-order valence-electron chi connectivity index (χ2n) is 3.65. The van der Waals surface area contributed by atoms with E-state index in [-0.39, 0.29) is 11.3 Å². The largest absolute Gasteiger partial charge is 0.295 e. The number of alkyl halides is 1. The Balaban J connectivity index is 2.33. The molecule has 1 atom stereocenters. The Labute approximate surface area is 94.1 Å². The summed E-state index contributed by atoms with van der Waals surface area (Å²) >= 11 is 5.96. The van der Waals surface area contributed by atoms with Crippen LogP contribution in [-0.4, -0.2) is 22.8 Å². The van der Waals surface area contributed by atoms with E-state index in [1.54, 1.807) is 11.1 Å². The molecule has 15 heavy (non-hydrogen) atoms. The van der Waals surface area contributed by atoms with Crippen LogP contribution in [0.15, 0.2) is 18.3 Å². The summed E-state index contributed by atoms with van der Waals surface area (Å²) in [4.78, 5) is 17.6. The van der Waals surface area contributed by atoms with Gasteiger partial charge in [0.15, 0.2) is 0 Å². The van der Waals surface area contributed by atoms with Crippen molar-refractivity contribution < 1.29 is 4.79 Å². The fraction of sp³-hybridized carbons (Fsp3) is 0.455. The molecule has 1 aliphatic heterocycles. The van der Waals surface area contributed by atoms with Crippen molar-refractivity contribution in [2.75, 3.05) is 11.4 Å². The van der Waals surface area contributed by atoms with Crippen molar-refractivity contribution in [3.8, 4) is 0 Å². The lowest BCUT2D eigenvalue weighted by Crippen LogP contribution is -2.26. The number of carbonyl (C=O) groups is 1. The molecule has 0 saturated carbocycles. The minimum atomic E-state index is -0.0794. The van der Waals surface area contributed by atoms with E-state index in [4.69, 9.17) is 11.6 Å². The van der Waals surface area contributed by atoms with Crippen LogP contribution in [-0.2, 0) is 11.2 Å². The Hall–Kier alpha value is -1.09. The van der Waals surface area contributed by atoms with Crippen LogP contribution < -0.4 is 4.90 Å². The van der Waals surface area contributed by atoms with E-state index in [0.29, 0.717) is 13.0 Å². The van der Waals surface area contributed by atoms with Gasteiger partial charge in [0.2, 0.25) is 5.91 Å². The molecule has 1 amide bonds. The lowest BCUT2D eigenvalue weighted by atomic mass is 10.2. The van der Waals surface area contributed by atoms with E-state index in [2.05, 4.69) is 11.9 Å². The van der Waals surface area contributed by atoms with Crippen molar-refractivity contribution in [1.29, 1.82) is 0 Å². The normalized spacial score (nSPS) is 21.1. The first-order chi connectivity index (χ1) is 7.22. The zero-order valence-electron chi connectivity index (χ0n) is 8.61. The number of carbonyl (C=O) groups excluding carboxylic acids is 1. The fourth-order valence-corrected chi connectivity index (χ4v) is 2.09. The molecule has 80 valence electrons. The van der Waals surface area contributed by atoms with Gasteiger partial charge >= 0.3 is 0 Å². The van der Waals surface area contributed by atoms with Gasteiger partial charge in [-0.05, 0) is 18.1 Å². The highest BCUT2D eigenvalue weighted by Crippen LogP contribution is 2.25. The molecule has 4 heteroatoms. The topological polar surface area (TPSA) is 33.2 Å². The van der Waals surface area contributed by atoms with Gasteiger partial charge in [-0.15, -0.1) is 11.6 Å². The van der Waals surface area contributed by atoms with E-state index >= 15 is 0 Å². The van der Waals surface area contributed by atoms with Crippen molar-refractivity contribution in [3.05, 3.63) is 23.9 Å². The zero-order valence-corrected chi connectivity index (χ0v) is 9.37. The molecule has 1 fully saturated rings. The van der Waals surface area contributed by atoms with E-state index in [9.17, 15) is 4.79 Å². The summed E-state index contributed by atoms with van der Waals surface area (Å²) in [6.45, 7) is 2.63. The molecule has 0 bridgehead atoms. The van der Waals surface area contributed by atoms with Gasteiger partial charge in [0, 0.05) is 19.2 Å². The van der Waals surface area contributed by atoms with Gasteiger partial charge in [-0.2, -0.15) is 0 Å². The van der Waals surface area contributed by atoms with E-state index in [1.807, 2.05) is 12.1 Å². The Morgan fingerprint density at radius 2 is 2.47 bits per heavy atom. The first-order valence-corrected chi connectivity index (χ1v) is 5.54. The van der Waals surface area contributed by atoms with Gasteiger partial charge in [0.05, 0.1) is 5.38 Å². The predicted molar refractivity (Wildman–Crippen MR) is 60.2 cm³/mol. The molecule has 0 spiro atoms. The van der Waals surface area contributed by atoms with E-state index < -0.39 is 0 Å². The third-order valence-electron chi connectivity index (χ3n) is 2.58. The fourth-order valence-electron chi connectivity index (χ4n) is 1.82. The molecule has 0 radical (unpaired) electrons. The van der Waals surface area contributed by atoms with Crippen LogP contribution in [0.25, 0.3) is 0 Å². The number of halogens is 1. The smallest absolute Gasteiger partial charge is 0.229 e. The van der Waals surface area contributed by atoms with Gasteiger partial charge in [0.25, 0.3) is 0 Å². The molecule has 1 unspecified atom stereocenters. The van der Waals surface area contributed by atoms with Crippen LogP contribution in [0.1, 0.15) is 18.9 Å². The molecule has 1 aliphatic rings. The second kappa shape index (κ2) is 4.19. The minimum absolute atomic E-state index is 0.0726. The third-order valence-corrected chi connectivity index (χ3v) is 2.87. The summed E-state index contributed by atoms with van der Waals surface area (Å²) in [5.74, 6) is 0.844. The quantitative estimate of drug-likeness (QED) is 0.720. The first kappa shape index (κ1) is 10.4. The van der Waals surface area contributed by atoms with Crippen molar-refractivity contribution in [2.24, 2.45) is 0 Å². The van der Waals surface area contributed by atoms with Crippen LogP contribution in [0.5, 0.6) is 0 Å². The maximum Gasteiger partial charge on any atom is 0.229 e. The monoisotopic (exact) mass is 224 g/mol. The summed E-state index contributed by atoms with van der Waals surface area (Å²) in [7, 11) is 0. The number of pyridine rings is 1. The van der Waals surface area contributed by atoms with E-state index in [1.165, 1.54) is 0 Å². The molecular formula is C11H13ClN2O.